The number of esters is 3. The van der Waals surface area contributed by atoms with Gasteiger partial charge in [0.05, 0.1) is 6.42 Å². The zero-order valence-electron chi connectivity index (χ0n) is 41.3. The van der Waals surface area contributed by atoms with Crippen molar-refractivity contribution in [1.82, 2.24) is 0 Å². The van der Waals surface area contributed by atoms with E-state index in [0.29, 0.717) is 19.3 Å². The summed E-state index contributed by atoms with van der Waals surface area (Å²) in [6.45, 7) is 6.29. The van der Waals surface area contributed by atoms with E-state index in [9.17, 15) is 14.4 Å². The highest BCUT2D eigenvalue weighted by Gasteiger charge is 2.19. The lowest BCUT2D eigenvalue weighted by Crippen LogP contribution is -2.30. The Bertz CT molecular complexity index is 1340. The minimum atomic E-state index is -0.844. The van der Waals surface area contributed by atoms with E-state index in [1.807, 2.05) is 6.08 Å². The predicted molar refractivity (Wildman–Crippen MR) is 274 cm³/mol. The molecule has 0 saturated carbocycles. The molecule has 6 nitrogen and oxygen atoms in total. The van der Waals surface area contributed by atoms with Crippen molar-refractivity contribution in [2.24, 2.45) is 0 Å². The van der Waals surface area contributed by atoms with Crippen LogP contribution in [0.15, 0.2) is 109 Å². The molecule has 0 spiro atoms. The van der Waals surface area contributed by atoms with Crippen molar-refractivity contribution in [1.29, 1.82) is 0 Å². The van der Waals surface area contributed by atoms with Gasteiger partial charge in [-0.2, -0.15) is 0 Å². The lowest BCUT2D eigenvalue weighted by atomic mass is 10.1. The first-order chi connectivity index (χ1) is 31.5. The van der Waals surface area contributed by atoms with Gasteiger partial charge < -0.3 is 14.2 Å². The Morgan fingerprint density at radius 3 is 1.05 bits per heavy atom. The molecule has 362 valence electrons. The number of carbonyl (C=O) groups is 3. The maximum absolute atomic E-state index is 12.7. The van der Waals surface area contributed by atoms with E-state index < -0.39 is 12.1 Å². The van der Waals surface area contributed by atoms with Crippen LogP contribution in [-0.2, 0) is 28.6 Å². The SMILES string of the molecule is CC/C=C\C/C=C\C/C=C\C/C=C\C/C=C\CC(=O)OC(COC(=O)CCCCCCC/C=C\C/C=C\C/C=C\CC)COC(=O)CCCCCCC/C=C\CCCCCCCCC. The average molecular weight is 887 g/mol. The Hall–Kier alpha value is -3.93. The van der Waals surface area contributed by atoms with E-state index in [2.05, 4.69) is 118 Å². The molecule has 0 saturated heterocycles. The van der Waals surface area contributed by atoms with E-state index in [4.69, 9.17) is 14.2 Å². The van der Waals surface area contributed by atoms with E-state index in [-0.39, 0.29) is 31.6 Å². The maximum Gasteiger partial charge on any atom is 0.310 e. The van der Waals surface area contributed by atoms with Crippen LogP contribution >= 0.6 is 0 Å². The van der Waals surface area contributed by atoms with E-state index in [0.717, 1.165) is 116 Å². The second-order valence-corrected chi connectivity index (χ2v) is 16.7. The van der Waals surface area contributed by atoms with E-state index in [1.165, 1.54) is 57.8 Å². The molecule has 0 heterocycles. The van der Waals surface area contributed by atoms with Crippen molar-refractivity contribution in [2.75, 3.05) is 13.2 Å². The molecule has 0 aliphatic carbocycles. The van der Waals surface area contributed by atoms with Crippen LogP contribution in [0.2, 0.25) is 0 Å². The molecule has 0 amide bonds. The molecule has 0 fully saturated rings. The number of unbranched alkanes of at least 4 members (excludes halogenated alkanes) is 17. The highest BCUT2D eigenvalue weighted by atomic mass is 16.6. The van der Waals surface area contributed by atoms with Gasteiger partial charge in [0.2, 0.25) is 0 Å². The van der Waals surface area contributed by atoms with Gasteiger partial charge in [-0.15, -0.1) is 0 Å². The van der Waals surface area contributed by atoms with Gasteiger partial charge in [-0.3, -0.25) is 14.4 Å². The van der Waals surface area contributed by atoms with Gasteiger partial charge in [-0.1, -0.05) is 207 Å². The summed E-state index contributed by atoms with van der Waals surface area (Å²) in [5.74, 6) is -1.09. The van der Waals surface area contributed by atoms with Crippen LogP contribution in [-0.4, -0.2) is 37.2 Å². The van der Waals surface area contributed by atoms with E-state index >= 15 is 0 Å². The number of allylic oxidation sites excluding steroid dienone is 17. The Labute approximate surface area is 393 Å². The quantitative estimate of drug-likeness (QED) is 0.0262. The molecule has 0 aliphatic heterocycles. The summed E-state index contributed by atoms with van der Waals surface area (Å²) < 4.78 is 16.7. The minimum absolute atomic E-state index is 0.0880. The van der Waals surface area contributed by atoms with Gasteiger partial charge in [0.15, 0.2) is 6.10 Å². The van der Waals surface area contributed by atoms with Crippen LogP contribution in [0.5, 0.6) is 0 Å². The summed E-state index contributed by atoms with van der Waals surface area (Å²) in [7, 11) is 0. The third-order valence-corrected chi connectivity index (χ3v) is 10.5. The van der Waals surface area contributed by atoms with Gasteiger partial charge in [0, 0.05) is 12.8 Å². The molecule has 1 atom stereocenters. The molecule has 0 aromatic rings. The molecule has 64 heavy (non-hydrogen) atoms. The van der Waals surface area contributed by atoms with Gasteiger partial charge >= 0.3 is 17.9 Å². The fraction of sp³-hybridized carbons (Fsp3) is 0.638. The molecule has 0 radical (unpaired) electrons. The standard InChI is InChI=1S/C58H94O6/c1-4-7-10-13-16-19-22-25-28-31-33-36-39-42-45-48-51-57(60)63-54-55(64-58(61)52-49-46-43-40-37-34-30-27-24-21-18-15-12-9-6-3)53-62-56(59)50-47-44-41-38-35-32-29-26-23-20-17-14-11-8-5-2/h8-9,11-12,17-18,20-21,26-31,37,40,46,49,55H,4-7,10,13-16,19,22-25,32-36,38-39,41-45,47-48,50-54H2,1-3H3/b11-8-,12-9-,20-17-,21-18-,29-26-,30-27-,31-28-,40-37-,49-46-. The van der Waals surface area contributed by atoms with Crippen LogP contribution in [0.4, 0.5) is 0 Å². The lowest BCUT2D eigenvalue weighted by Gasteiger charge is -2.18. The van der Waals surface area contributed by atoms with Gasteiger partial charge in [-0.05, 0) is 103 Å². The van der Waals surface area contributed by atoms with Gasteiger partial charge in [0.25, 0.3) is 0 Å². The normalized spacial score (nSPS) is 13.0. The molecular formula is C58H94O6. The number of rotatable bonds is 45. The second kappa shape index (κ2) is 51.7. The molecule has 1 unspecified atom stereocenters. The smallest absolute Gasteiger partial charge is 0.310 e. The van der Waals surface area contributed by atoms with Crippen molar-refractivity contribution in [3.05, 3.63) is 109 Å². The highest BCUT2D eigenvalue weighted by molar-refractivity contribution is 5.72. The Balaban J connectivity index is 4.55. The predicted octanol–water partition coefficient (Wildman–Crippen LogP) is 17.1. The molecule has 0 aliphatic rings. The number of ether oxygens (including phenoxy) is 3. The van der Waals surface area contributed by atoms with Crippen molar-refractivity contribution in [3.63, 3.8) is 0 Å². The monoisotopic (exact) mass is 887 g/mol. The van der Waals surface area contributed by atoms with Crippen LogP contribution in [0.3, 0.4) is 0 Å². The maximum atomic E-state index is 12.7. The fourth-order valence-electron chi connectivity index (χ4n) is 6.70. The van der Waals surface area contributed by atoms with Crippen LogP contribution in [0, 0.1) is 0 Å². The Morgan fingerprint density at radius 2 is 0.656 bits per heavy atom. The summed E-state index contributed by atoms with van der Waals surface area (Å²) in [5.41, 5.74) is 0. The first-order valence-corrected chi connectivity index (χ1v) is 25.9. The zero-order chi connectivity index (χ0) is 46.5. The van der Waals surface area contributed by atoms with Crippen LogP contribution in [0.25, 0.3) is 0 Å². The second-order valence-electron chi connectivity index (χ2n) is 16.7. The Kier molecular flexibility index (Phi) is 48.5. The zero-order valence-corrected chi connectivity index (χ0v) is 41.3. The molecule has 0 aromatic carbocycles. The number of carbonyl (C=O) groups excluding carboxylic acids is 3. The third kappa shape index (κ3) is 49.1. The largest absolute Gasteiger partial charge is 0.462 e. The summed E-state index contributed by atoms with van der Waals surface area (Å²) >= 11 is 0. The van der Waals surface area contributed by atoms with E-state index in [1.54, 1.807) is 6.08 Å². The van der Waals surface area contributed by atoms with Crippen LogP contribution in [0.1, 0.15) is 220 Å². The first-order valence-electron chi connectivity index (χ1n) is 25.9. The van der Waals surface area contributed by atoms with Gasteiger partial charge in [0.1, 0.15) is 13.2 Å². The van der Waals surface area contributed by atoms with Crippen molar-refractivity contribution < 1.29 is 28.6 Å². The molecular weight excluding hydrogens is 793 g/mol. The molecule has 0 N–H and O–H groups in total. The molecule has 0 rings (SSSR count). The topological polar surface area (TPSA) is 78.9 Å². The lowest BCUT2D eigenvalue weighted by molar-refractivity contribution is -0.166. The number of hydrogen-bond acceptors (Lipinski definition) is 6. The summed E-state index contributed by atoms with van der Waals surface area (Å²) in [5, 5.41) is 0. The van der Waals surface area contributed by atoms with Gasteiger partial charge in [-0.25, -0.2) is 0 Å². The molecule has 6 heteroatoms. The molecule has 0 bridgehead atoms. The number of hydrogen-bond donors (Lipinski definition) is 0. The fourth-order valence-corrected chi connectivity index (χ4v) is 6.70. The van der Waals surface area contributed by atoms with Crippen molar-refractivity contribution in [2.45, 2.75) is 226 Å². The Morgan fingerprint density at radius 1 is 0.344 bits per heavy atom. The summed E-state index contributed by atoms with van der Waals surface area (Å²) in [6, 6.07) is 0. The third-order valence-electron chi connectivity index (χ3n) is 10.5. The van der Waals surface area contributed by atoms with Crippen molar-refractivity contribution in [3.8, 4) is 0 Å². The average Bonchev–Trinajstić information content (AvgIpc) is 3.29. The summed E-state index contributed by atoms with van der Waals surface area (Å²) in [4.78, 5) is 37.9. The molecule has 0 aromatic heterocycles. The van der Waals surface area contributed by atoms with Crippen LogP contribution < -0.4 is 0 Å². The highest BCUT2D eigenvalue weighted by Crippen LogP contribution is 2.13. The summed E-state index contributed by atoms with van der Waals surface area (Å²) in [6.07, 6.45) is 69.5. The van der Waals surface area contributed by atoms with Crippen molar-refractivity contribution >= 4 is 17.9 Å². The first kappa shape index (κ1) is 60.1. The minimum Gasteiger partial charge on any atom is -0.462 e.